The summed E-state index contributed by atoms with van der Waals surface area (Å²) in [6.07, 6.45) is 0. The van der Waals surface area contributed by atoms with E-state index in [9.17, 15) is 0 Å². The molecule has 0 atom stereocenters. The molecule has 1 aromatic carbocycles. The van der Waals surface area contributed by atoms with Gasteiger partial charge in [0.15, 0.2) is 0 Å². The first kappa shape index (κ1) is 8.26. The second-order valence-corrected chi connectivity index (χ2v) is 3.25. The molecule has 2 rings (SSSR count). The highest BCUT2D eigenvalue weighted by molar-refractivity contribution is 5.76. The lowest BCUT2D eigenvalue weighted by Gasteiger charge is -1.97. The predicted molar refractivity (Wildman–Crippen MR) is 53.3 cm³/mol. The normalized spacial score (nSPS) is 11.0. The summed E-state index contributed by atoms with van der Waals surface area (Å²) in [5.41, 5.74) is 8.87. The molecule has 0 unspecified atom stereocenters. The van der Waals surface area contributed by atoms with Gasteiger partial charge < -0.3 is 10.3 Å². The SMILES string of the molecule is Cc1nc2cc(CN)ccc2n1C. The molecule has 0 bridgehead atoms. The van der Waals surface area contributed by atoms with Crippen molar-refractivity contribution in [3.63, 3.8) is 0 Å². The average Bonchev–Trinajstić information content (AvgIpc) is 2.42. The molecule has 0 radical (unpaired) electrons. The van der Waals surface area contributed by atoms with E-state index in [2.05, 4.69) is 15.6 Å². The van der Waals surface area contributed by atoms with Gasteiger partial charge in [0.25, 0.3) is 0 Å². The van der Waals surface area contributed by atoms with Crippen LogP contribution >= 0.6 is 0 Å². The Balaban J connectivity index is 2.73. The molecular weight excluding hydrogens is 162 g/mol. The summed E-state index contributed by atoms with van der Waals surface area (Å²) in [4.78, 5) is 4.43. The van der Waals surface area contributed by atoms with Crippen LogP contribution < -0.4 is 5.73 Å². The quantitative estimate of drug-likeness (QED) is 0.710. The van der Waals surface area contributed by atoms with Gasteiger partial charge in [-0.05, 0) is 24.6 Å². The van der Waals surface area contributed by atoms with Crippen LogP contribution in [0.4, 0.5) is 0 Å². The van der Waals surface area contributed by atoms with Crippen LogP contribution in [0.25, 0.3) is 11.0 Å². The first-order chi connectivity index (χ1) is 6.22. The molecule has 3 heteroatoms. The van der Waals surface area contributed by atoms with Crippen LogP contribution in [-0.2, 0) is 13.6 Å². The fourth-order valence-electron chi connectivity index (χ4n) is 1.49. The van der Waals surface area contributed by atoms with Gasteiger partial charge >= 0.3 is 0 Å². The van der Waals surface area contributed by atoms with E-state index in [1.165, 1.54) is 0 Å². The fraction of sp³-hybridized carbons (Fsp3) is 0.300. The molecule has 2 aromatic rings. The molecule has 0 aliphatic heterocycles. The van der Waals surface area contributed by atoms with E-state index in [-0.39, 0.29) is 0 Å². The van der Waals surface area contributed by atoms with Gasteiger partial charge in [0.05, 0.1) is 11.0 Å². The summed E-state index contributed by atoms with van der Waals surface area (Å²) in [5, 5.41) is 0. The largest absolute Gasteiger partial charge is 0.331 e. The third-order valence-corrected chi connectivity index (χ3v) is 2.40. The molecule has 0 spiro atoms. The summed E-state index contributed by atoms with van der Waals surface area (Å²) >= 11 is 0. The third kappa shape index (κ3) is 1.21. The van der Waals surface area contributed by atoms with Gasteiger partial charge in [-0.15, -0.1) is 0 Å². The zero-order valence-corrected chi connectivity index (χ0v) is 7.91. The van der Waals surface area contributed by atoms with Crippen LogP contribution in [0, 0.1) is 6.92 Å². The lowest BCUT2D eigenvalue weighted by molar-refractivity contribution is 0.886. The third-order valence-electron chi connectivity index (χ3n) is 2.40. The number of benzene rings is 1. The molecule has 68 valence electrons. The van der Waals surface area contributed by atoms with Gasteiger partial charge in [0.2, 0.25) is 0 Å². The summed E-state index contributed by atoms with van der Waals surface area (Å²) < 4.78 is 2.08. The molecule has 1 heterocycles. The first-order valence-corrected chi connectivity index (χ1v) is 4.34. The highest BCUT2D eigenvalue weighted by Gasteiger charge is 2.03. The zero-order chi connectivity index (χ0) is 9.42. The summed E-state index contributed by atoms with van der Waals surface area (Å²) in [6.45, 7) is 2.58. The molecule has 3 nitrogen and oxygen atoms in total. The van der Waals surface area contributed by atoms with Gasteiger partial charge in [-0.25, -0.2) is 4.98 Å². The van der Waals surface area contributed by atoms with Crippen molar-refractivity contribution >= 4 is 11.0 Å². The van der Waals surface area contributed by atoms with Crippen molar-refractivity contribution in [1.29, 1.82) is 0 Å². The fourth-order valence-corrected chi connectivity index (χ4v) is 1.49. The minimum atomic E-state index is 0.575. The van der Waals surface area contributed by atoms with Crippen LogP contribution in [0.3, 0.4) is 0 Å². The molecule has 0 amide bonds. The molecular formula is C10H13N3. The van der Waals surface area contributed by atoms with E-state index in [1.54, 1.807) is 0 Å². The highest BCUT2D eigenvalue weighted by atomic mass is 15.0. The topological polar surface area (TPSA) is 43.8 Å². The first-order valence-electron chi connectivity index (χ1n) is 4.34. The average molecular weight is 175 g/mol. The number of hydrogen-bond acceptors (Lipinski definition) is 2. The summed E-state index contributed by atoms with van der Waals surface area (Å²) in [5.74, 6) is 1.03. The van der Waals surface area contributed by atoms with Crippen LogP contribution in [0.15, 0.2) is 18.2 Å². The van der Waals surface area contributed by atoms with Gasteiger partial charge in [0.1, 0.15) is 5.82 Å². The number of nitrogens with zero attached hydrogens (tertiary/aromatic N) is 2. The zero-order valence-electron chi connectivity index (χ0n) is 7.91. The van der Waals surface area contributed by atoms with Crippen LogP contribution in [0.1, 0.15) is 11.4 Å². The minimum Gasteiger partial charge on any atom is -0.331 e. The second kappa shape index (κ2) is 2.85. The van der Waals surface area contributed by atoms with Crippen molar-refractivity contribution in [2.45, 2.75) is 13.5 Å². The lowest BCUT2D eigenvalue weighted by atomic mass is 10.2. The second-order valence-electron chi connectivity index (χ2n) is 3.25. The van der Waals surface area contributed by atoms with E-state index >= 15 is 0 Å². The Kier molecular flexibility index (Phi) is 1.81. The number of aryl methyl sites for hydroxylation is 2. The smallest absolute Gasteiger partial charge is 0.106 e. The monoisotopic (exact) mass is 175 g/mol. The molecule has 1 aromatic heterocycles. The molecule has 0 aliphatic carbocycles. The number of fused-ring (bicyclic) bond motifs is 1. The maximum Gasteiger partial charge on any atom is 0.106 e. The minimum absolute atomic E-state index is 0.575. The predicted octanol–water partition coefficient (Wildman–Crippen LogP) is 1.34. The van der Waals surface area contributed by atoms with Crippen molar-refractivity contribution in [3.8, 4) is 0 Å². The lowest BCUT2D eigenvalue weighted by Crippen LogP contribution is -1.95. The number of hydrogen-bond donors (Lipinski definition) is 1. The van der Waals surface area contributed by atoms with Crippen LogP contribution in [-0.4, -0.2) is 9.55 Å². The van der Waals surface area contributed by atoms with Crippen molar-refractivity contribution in [3.05, 3.63) is 29.6 Å². The van der Waals surface area contributed by atoms with Gasteiger partial charge in [-0.2, -0.15) is 0 Å². The maximum absolute atomic E-state index is 5.55. The van der Waals surface area contributed by atoms with E-state index in [4.69, 9.17) is 5.73 Å². The molecule has 0 aliphatic rings. The highest BCUT2D eigenvalue weighted by Crippen LogP contribution is 2.15. The van der Waals surface area contributed by atoms with Crippen LogP contribution in [0.2, 0.25) is 0 Å². The van der Waals surface area contributed by atoms with Crippen molar-refractivity contribution in [2.75, 3.05) is 0 Å². The Bertz CT molecular complexity index is 443. The standard InChI is InChI=1S/C10H13N3/c1-7-12-9-5-8(6-11)3-4-10(9)13(7)2/h3-5H,6,11H2,1-2H3. The van der Waals surface area contributed by atoms with E-state index in [1.807, 2.05) is 26.1 Å². The Morgan fingerprint density at radius 1 is 1.46 bits per heavy atom. The van der Waals surface area contributed by atoms with Crippen molar-refractivity contribution < 1.29 is 0 Å². The number of aromatic nitrogens is 2. The van der Waals surface area contributed by atoms with E-state index in [0.29, 0.717) is 6.54 Å². The number of nitrogens with two attached hydrogens (primary N) is 1. The molecule has 13 heavy (non-hydrogen) atoms. The number of rotatable bonds is 1. The van der Waals surface area contributed by atoms with Gasteiger partial charge in [-0.1, -0.05) is 6.07 Å². The molecule has 0 fully saturated rings. The maximum atomic E-state index is 5.55. The molecule has 2 N–H and O–H groups in total. The van der Waals surface area contributed by atoms with E-state index < -0.39 is 0 Å². The van der Waals surface area contributed by atoms with Crippen molar-refractivity contribution in [1.82, 2.24) is 9.55 Å². The summed E-state index contributed by atoms with van der Waals surface area (Å²) in [6, 6.07) is 6.16. The van der Waals surface area contributed by atoms with Gasteiger partial charge in [-0.3, -0.25) is 0 Å². The molecule has 0 saturated carbocycles. The Hall–Kier alpha value is -1.35. The Labute approximate surface area is 77.2 Å². The Morgan fingerprint density at radius 2 is 2.23 bits per heavy atom. The number of imidazole rings is 1. The van der Waals surface area contributed by atoms with Crippen LogP contribution in [0.5, 0.6) is 0 Å². The Morgan fingerprint density at radius 3 is 2.92 bits per heavy atom. The van der Waals surface area contributed by atoms with E-state index in [0.717, 1.165) is 22.4 Å². The van der Waals surface area contributed by atoms with Gasteiger partial charge in [0, 0.05) is 13.6 Å². The van der Waals surface area contributed by atoms with Crippen molar-refractivity contribution in [2.24, 2.45) is 12.8 Å². The molecule has 0 saturated heterocycles. The summed E-state index contributed by atoms with van der Waals surface area (Å²) in [7, 11) is 2.02.